The molecule has 0 spiro atoms. The Morgan fingerprint density at radius 1 is 1.23 bits per heavy atom. The van der Waals surface area contributed by atoms with Crippen LogP contribution in [0.1, 0.15) is 6.92 Å². The van der Waals surface area contributed by atoms with Gasteiger partial charge in [-0.1, -0.05) is 6.58 Å². The van der Waals surface area contributed by atoms with E-state index in [1.165, 1.54) is 0 Å². The van der Waals surface area contributed by atoms with Crippen LogP contribution in [0.5, 0.6) is 0 Å². The first-order chi connectivity index (χ1) is 5.91. The zero-order valence-electron chi connectivity index (χ0n) is 6.96. The largest absolute Gasteiger partial charge is 0.243 e. The summed E-state index contributed by atoms with van der Waals surface area (Å²) < 4.78 is 61.2. The van der Waals surface area contributed by atoms with Crippen molar-refractivity contribution in [2.75, 3.05) is 6.67 Å². The van der Waals surface area contributed by atoms with E-state index < -0.39 is 30.7 Å². The molecule has 0 nitrogen and oxygen atoms in total. The van der Waals surface area contributed by atoms with Gasteiger partial charge in [0.25, 0.3) is 0 Å². The highest BCUT2D eigenvalue weighted by Gasteiger charge is 2.28. The maximum atomic E-state index is 12.6. The van der Waals surface area contributed by atoms with Crippen molar-refractivity contribution < 1.29 is 22.0 Å². The minimum Gasteiger partial charge on any atom is -0.243 e. The Labute approximate surface area is 72.7 Å². The van der Waals surface area contributed by atoms with E-state index in [0.717, 1.165) is 6.92 Å². The van der Waals surface area contributed by atoms with Gasteiger partial charge in [-0.05, 0) is 12.5 Å². The summed E-state index contributed by atoms with van der Waals surface area (Å²) in [5.41, 5.74) is -0.283. The van der Waals surface area contributed by atoms with Gasteiger partial charge in [-0.25, -0.2) is 22.0 Å². The predicted octanol–water partition coefficient (Wildman–Crippen LogP) is 3.36. The summed E-state index contributed by atoms with van der Waals surface area (Å²) in [6, 6.07) is 0. The molecule has 0 aromatic heterocycles. The van der Waals surface area contributed by atoms with Gasteiger partial charge in [0.1, 0.15) is 6.67 Å². The van der Waals surface area contributed by atoms with Crippen molar-refractivity contribution in [1.82, 2.24) is 0 Å². The Morgan fingerprint density at radius 2 is 1.69 bits per heavy atom. The quantitative estimate of drug-likeness (QED) is 0.482. The summed E-state index contributed by atoms with van der Waals surface area (Å²) in [5.74, 6) is -3.96. The second kappa shape index (κ2) is 4.99. The Bertz CT molecular complexity index is 221. The van der Waals surface area contributed by atoms with E-state index in [1.54, 1.807) is 0 Å². The van der Waals surface area contributed by atoms with Crippen molar-refractivity contribution in [2.24, 2.45) is 0 Å². The Morgan fingerprint density at radius 3 is 2.00 bits per heavy atom. The third kappa shape index (κ3) is 3.16. The van der Waals surface area contributed by atoms with Crippen LogP contribution < -0.4 is 0 Å². The van der Waals surface area contributed by atoms with Crippen LogP contribution >= 0.6 is 0 Å². The van der Waals surface area contributed by atoms with Crippen molar-refractivity contribution in [3.05, 3.63) is 23.8 Å². The van der Waals surface area contributed by atoms with Crippen molar-refractivity contribution in [3.8, 4) is 0 Å². The molecule has 0 saturated heterocycles. The molecule has 13 heavy (non-hydrogen) atoms. The van der Waals surface area contributed by atoms with Gasteiger partial charge in [-0.3, -0.25) is 0 Å². The van der Waals surface area contributed by atoms with E-state index in [-0.39, 0.29) is 5.57 Å². The lowest BCUT2D eigenvalue weighted by Crippen LogP contribution is -2.19. The van der Waals surface area contributed by atoms with Crippen molar-refractivity contribution in [2.45, 2.75) is 19.3 Å². The minimum atomic E-state index is -2.81. The number of rotatable bonds is 4. The van der Waals surface area contributed by atoms with E-state index >= 15 is 0 Å². The van der Waals surface area contributed by atoms with Gasteiger partial charge in [-0.15, -0.1) is 0 Å². The molecule has 0 aromatic carbocycles. The Hall–Kier alpha value is -0.870. The molecule has 76 valence electrons. The highest BCUT2D eigenvalue weighted by atomic mass is 19.2. The molecule has 0 radical (unpaired) electrons. The van der Waals surface area contributed by atoms with Gasteiger partial charge in [-0.2, -0.15) is 0 Å². The number of alkyl halides is 3. The van der Waals surface area contributed by atoms with E-state index in [2.05, 4.69) is 6.58 Å². The normalized spacial score (nSPS) is 17.7. The molecule has 0 aliphatic heterocycles. The van der Waals surface area contributed by atoms with Crippen LogP contribution in [0.2, 0.25) is 0 Å². The minimum absolute atomic E-state index is 0.283. The lowest BCUT2D eigenvalue weighted by Gasteiger charge is -2.11. The molecule has 0 aromatic rings. The van der Waals surface area contributed by atoms with E-state index in [0.29, 0.717) is 0 Å². The molecule has 0 saturated carbocycles. The van der Waals surface area contributed by atoms with Gasteiger partial charge in [0.05, 0.1) is 0 Å². The van der Waals surface area contributed by atoms with Crippen LogP contribution in [-0.2, 0) is 0 Å². The standard InChI is InChI=1S/C8H9F5/c1-4(2)6(11)8(13)7(12)5(10)3-9/h6,8H,1,3H2,2H3/b7-5-. The molecule has 2 atom stereocenters. The molecular weight excluding hydrogens is 191 g/mol. The molecule has 0 bridgehead atoms. The average Bonchev–Trinajstić information content (AvgIpc) is 2.12. The highest BCUT2D eigenvalue weighted by molar-refractivity contribution is 5.14. The zero-order chi connectivity index (χ0) is 10.6. The number of halogens is 5. The molecule has 0 heterocycles. The number of hydrogen-bond acceptors (Lipinski definition) is 0. The Balaban J connectivity index is 4.60. The first kappa shape index (κ1) is 12.1. The van der Waals surface area contributed by atoms with Crippen LogP contribution in [-0.4, -0.2) is 19.0 Å². The fourth-order valence-electron chi connectivity index (χ4n) is 0.592. The van der Waals surface area contributed by atoms with Crippen molar-refractivity contribution >= 4 is 0 Å². The van der Waals surface area contributed by atoms with Crippen LogP contribution in [0, 0.1) is 0 Å². The summed E-state index contributed by atoms with van der Waals surface area (Å²) in [6.45, 7) is 2.36. The first-order valence-electron chi connectivity index (χ1n) is 3.45. The van der Waals surface area contributed by atoms with E-state index in [4.69, 9.17) is 0 Å². The van der Waals surface area contributed by atoms with Gasteiger partial charge >= 0.3 is 0 Å². The molecule has 0 fully saturated rings. The molecule has 5 heteroatoms. The smallest absolute Gasteiger partial charge is 0.189 e. The Kier molecular flexibility index (Phi) is 4.66. The summed E-state index contributed by atoms with van der Waals surface area (Å²) in [4.78, 5) is 0. The van der Waals surface area contributed by atoms with Gasteiger partial charge in [0.15, 0.2) is 24.0 Å². The highest BCUT2D eigenvalue weighted by Crippen LogP contribution is 2.23. The molecule has 0 amide bonds. The fourth-order valence-corrected chi connectivity index (χ4v) is 0.592. The van der Waals surface area contributed by atoms with Crippen molar-refractivity contribution in [1.29, 1.82) is 0 Å². The van der Waals surface area contributed by atoms with Gasteiger partial charge < -0.3 is 0 Å². The molecule has 2 unspecified atom stereocenters. The van der Waals surface area contributed by atoms with Crippen LogP contribution in [0.4, 0.5) is 22.0 Å². The lowest BCUT2D eigenvalue weighted by molar-refractivity contribution is 0.192. The zero-order valence-corrected chi connectivity index (χ0v) is 6.96. The molecule has 0 N–H and O–H groups in total. The van der Waals surface area contributed by atoms with Gasteiger partial charge in [0.2, 0.25) is 0 Å². The van der Waals surface area contributed by atoms with E-state index in [1.807, 2.05) is 0 Å². The maximum absolute atomic E-state index is 12.6. The second-order valence-electron chi connectivity index (χ2n) is 2.54. The molecule has 0 rings (SSSR count). The monoisotopic (exact) mass is 200 g/mol. The van der Waals surface area contributed by atoms with E-state index in [9.17, 15) is 22.0 Å². The van der Waals surface area contributed by atoms with Gasteiger partial charge in [0, 0.05) is 0 Å². The maximum Gasteiger partial charge on any atom is 0.189 e. The predicted molar refractivity (Wildman–Crippen MR) is 39.8 cm³/mol. The fraction of sp³-hybridized carbons (Fsp3) is 0.500. The second-order valence-corrected chi connectivity index (χ2v) is 2.54. The van der Waals surface area contributed by atoms with Crippen molar-refractivity contribution in [3.63, 3.8) is 0 Å². The summed E-state index contributed by atoms with van der Waals surface area (Å²) in [7, 11) is 0. The molecule has 0 aliphatic rings. The summed E-state index contributed by atoms with van der Waals surface area (Å²) >= 11 is 0. The average molecular weight is 200 g/mol. The molecule has 0 aliphatic carbocycles. The topological polar surface area (TPSA) is 0 Å². The van der Waals surface area contributed by atoms with Crippen LogP contribution in [0.3, 0.4) is 0 Å². The number of hydrogen-bond donors (Lipinski definition) is 0. The first-order valence-corrected chi connectivity index (χ1v) is 3.45. The number of allylic oxidation sites excluding steroid dienone is 3. The molecular formula is C8H9F5. The lowest BCUT2D eigenvalue weighted by atomic mass is 10.1. The summed E-state index contributed by atoms with van der Waals surface area (Å²) in [5, 5.41) is 0. The SMILES string of the molecule is C=C(C)C(F)C(F)/C(F)=C(/F)CF. The van der Waals surface area contributed by atoms with Crippen LogP contribution in [0.25, 0.3) is 0 Å². The third-order valence-corrected chi connectivity index (χ3v) is 1.35. The third-order valence-electron chi connectivity index (χ3n) is 1.35. The summed E-state index contributed by atoms with van der Waals surface area (Å²) in [6.07, 6.45) is -5.16. The van der Waals surface area contributed by atoms with Crippen LogP contribution in [0.15, 0.2) is 23.8 Å².